The van der Waals surface area contributed by atoms with Crippen LogP contribution in [0.3, 0.4) is 0 Å². The lowest BCUT2D eigenvalue weighted by Gasteiger charge is -2.01. The van der Waals surface area contributed by atoms with Crippen molar-refractivity contribution in [1.29, 1.82) is 0 Å². The second-order valence-electron chi connectivity index (χ2n) is 4.87. The van der Waals surface area contributed by atoms with E-state index in [0.29, 0.717) is 16.5 Å². The molecule has 0 saturated carbocycles. The van der Waals surface area contributed by atoms with Crippen LogP contribution in [0.5, 0.6) is 0 Å². The van der Waals surface area contributed by atoms with Gasteiger partial charge in [-0.15, -0.1) is 0 Å². The van der Waals surface area contributed by atoms with Crippen LogP contribution >= 0.6 is 11.6 Å². The normalized spacial score (nSPS) is 11.7. The number of nitrogens with zero attached hydrogens (tertiary/aromatic N) is 1. The second-order valence-corrected chi connectivity index (χ2v) is 6.97. The average Bonchev–Trinajstić information content (AvgIpc) is 3.05. The van der Waals surface area contributed by atoms with Gasteiger partial charge in [-0.1, -0.05) is 29.8 Å². The number of furan rings is 1. The Kier molecular flexibility index (Phi) is 4.69. The molecule has 0 fully saturated rings. The van der Waals surface area contributed by atoms with E-state index in [9.17, 15) is 8.42 Å². The van der Waals surface area contributed by atoms with E-state index in [1.807, 2.05) is 12.1 Å². The minimum atomic E-state index is -3.68. The van der Waals surface area contributed by atoms with E-state index < -0.39 is 10.0 Å². The SMILES string of the molecule is O=S(=O)(N/N=C\c1ccc(-c2ccc(Cl)cc2)o1)c1ccccc1. The molecule has 3 rings (SSSR count). The zero-order chi connectivity index (χ0) is 17.0. The highest BCUT2D eigenvalue weighted by Crippen LogP contribution is 2.23. The van der Waals surface area contributed by atoms with Gasteiger partial charge in [0.05, 0.1) is 11.1 Å². The Morgan fingerprint density at radius 2 is 1.67 bits per heavy atom. The number of nitrogens with one attached hydrogen (secondary N) is 1. The first-order chi connectivity index (χ1) is 11.5. The molecule has 1 N–H and O–H groups in total. The van der Waals surface area contributed by atoms with Crippen molar-refractivity contribution in [2.24, 2.45) is 5.10 Å². The van der Waals surface area contributed by atoms with Gasteiger partial charge >= 0.3 is 0 Å². The Bertz CT molecular complexity index is 949. The van der Waals surface area contributed by atoms with Crippen molar-refractivity contribution in [2.75, 3.05) is 0 Å². The summed E-state index contributed by atoms with van der Waals surface area (Å²) in [6.07, 6.45) is 1.31. The molecule has 1 heterocycles. The van der Waals surface area contributed by atoms with E-state index >= 15 is 0 Å². The Labute approximate surface area is 144 Å². The largest absolute Gasteiger partial charge is 0.455 e. The maximum Gasteiger partial charge on any atom is 0.276 e. The number of hydrazone groups is 1. The van der Waals surface area contributed by atoms with Gasteiger partial charge in [0.2, 0.25) is 0 Å². The Balaban J connectivity index is 1.71. The van der Waals surface area contributed by atoms with Gasteiger partial charge in [-0.25, -0.2) is 0 Å². The summed E-state index contributed by atoms with van der Waals surface area (Å²) in [5.41, 5.74) is 0.865. The molecule has 0 unspecified atom stereocenters. The van der Waals surface area contributed by atoms with Crippen LogP contribution in [0.1, 0.15) is 5.76 Å². The van der Waals surface area contributed by atoms with Gasteiger partial charge in [-0.2, -0.15) is 18.4 Å². The molecular formula is C17H13ClN2O3S. The third kappa shape index (κ3) is 3.84. The van der Waals surface area contributed by atoms with E-state index in [4.69, 9.17) is 16.0 Å². The van der Waals surface area contributed by atoms with Crippen LogP contribution in [0.15, 0.2) is 81.1 Å². The first-order valence-electron chi connectivity index (χ1n) is 7.00. The summed E-state index contributed by atoms with van der Waals surface area (Å²) < 4.78 is 29.6. The monoisotopic (exact) mass is 360 g/mol. The molecule has 0 aliphatic carbocycles. The maximum absolute atomic E-state index is 12.0. The van der Waals surface area contributed by atoms with Gasteiger partial charge in [0.1, 0.15) is 11.5 Å². The first-order valence-corrected chi connectivity index (χ1v) is 8.86. The Morgan fingerprint density at radius 1 is 0.958 bits per heavy atom. The molecule has 0 aliphatic rings. The lowest BCUT2D eigenvalue weighted by atomic mass is 10.2. The van der Waals surface area contributed by atoms with Crippen LogP contribution in [-0.2, 0) is 10.0 Å². The molecular weight excluding hydrogens is 348 g/mol. The second kappa shape index (κ2) is 6.90. The van der Waals surface area contributed by atoms with Crippen LogP contribution < -0.4 is 4.83 Å². The predicted octanol–water partition coefficient (Wildman–Crippen LogP) is 3.91. The minimum absolute atomic E-state index is 0.142. The first kappa shape index (κ1) is 16.3. The van der Waals surface area contributed by atoms with Crippen molar-refractivity contribution in [3.05, 3.63) is 77.5 Å². The number of benzene rings is 2. The Morgan fingerprint density at radius 3 is 2.38 bits per heavy atom. The van der Waals surface area contributed by atoms with Gasteiger partial charge < -0.3 is 4.42 Å². The van der Waals surface area contributed by atoms with Crippen molar-refractivity contribution in [2.45, 2.75) is 4.90 Å². The molecule has 0 radical (unpaired) electrons. The molecule has 0 bridgehead atoms. The van der Waals surface area contributed by atoms with E-state index in [0.717, 1.165) is 5.56 Å². The molecule has 5 nitrogen and oxygen atoms in total. The van der Waals surface area contributed by atoms with Crippen molar-refractivity contribution < 1.29 is 12.8 Å². The number of hydrogen-bond acceptors (Lipinski definition) is 4. The topological polar surface area (TPSA) is 71.7 Å². The third-order valence-electron chi connectivity index (χ3n) is 3.17. The van der Waals surface area contributed by atoms with Crippen molar-refractivity contribution in [3.63, 3.8) is 0 Å². The van der Waals surface area contributed by atoms with E-state index in [-0.39, 0.29) is 4.90 Å². The maximum atomic E-state index is 12.0. The third-order valence-corrected chi connectivity index (χ3v) is 4.66. The van der Waals surface area contributed by atoms with Crippen molar-refractivity contribution in [1.82, 2.24) is 4.83 Å². The molecule has 24 heavy (non-hydrogen) atoms. The summed E-state index contributed by atoms with van der Waals surface area (Å²) in [7, 11) is -3.68. The average molecular weight is 361 g/mol. The fraction of sp³-hybridized carbons (Fsp3) is 0. The number of sulfonamides is 1. The van der Waals surface area contributed by atoms with Crippen LogP contribution in [0.4, 0.5) is 0 Å². The smallest absolute Gasteiger partial charge is 0.276 e. The number of hydrogen-bond donors (Lipinski definition) is 1. The fourth-order valence-electron chi connectivity index (χ4n) is 2.00. The standard InChI is InChI=1S/C17H13ClN2O3S/c18-14-8-6-13(7-9-14)17-11-10-15(23-17)12-19-20-24(21,22)16-4-2-1-3-5-16/h1-12,20H/b19-12-. The zero-order valence-corrected chi connectivity index (χ0v) is 14.0. The molecule has 1 aromatic heterocycles. The van der Waals surface area contributed by atoms with Gasteiger partial charge in [-0.3, -0.25) is 0 Å². The molecule has 0 aliphatic heterocycles. The summed E-state index contributed by atoms with van der Waals surface area (Å²) >= 11 is 5.85. The molecule has 3 aromatic rings. The fourth-order valence-corrected chi connectivity index (χ4v) is 2.94. The summed E-state index contributed by atoms with van der Waals surface area (Å²) in [5.74, 6) is 1.06. The molecule has 122 valence electrons. The van der Waals surface area contributed by atoms with E-state index in [2.05, 4.69) is 9.93 Å². The zero-order valence-electron chi connectivity index (χ0n) is 12.4. The molecule has 2 aromatic carbocycles. The minimum Gasteiger partial charge on any atom is -0.455 e. The predicted molar refractivity (Wildman–Crippen MR) is 93.5 cm³/mol. The van der Waals surface area contributed by atoms with Gasteiger partial charge in [0, 0.05) is 10.6 Å². The Hall–Kier alpha value is -2.57. The van der Waals surface area contributed by atoms with Gasteiger partial charge in [0.15, 0.2) is 0 Å². The van der Waals surface area contributed by atoms with E-state index in [1.165, 1.54) is 18.3 Å². The van der Waals surface area contributed by atoms with Crippen molar-refractivity contribution in [3.8, 4) is 11.3 Å². The van der Waals surface area contributed by atoms with Gasteiger partial charge in [-0.05, 0) is 48.5 Å². The number of rotatable bonds is 5. The highest BCUT2D eigenvalue weighted by Gasteiger charge is 2.11. The summed E-state index contributed by atoms with van der Waals surface area (Å²) in [5, 5.41) is 4.37. The van der Waals surface area contributed by atoms with Crippen LogP contribution in [0, 0.1) is 0 Å². The van der Waals surface area contributed by atoms with Gasteiger partial charge in [0.25, 0.3) is 10.0 Å². The number of halogens is 1. The van der Waals surface area contributed by atoms with Crippen molar-refractivity contribution >= 4 is 27.8 Å². The van der Waals surface area contributed by atoms with E-state index in [1.54, 1.807) is 42.5 Å². The summed E-state index contributed by atoms with van der Waals surface area (Å²) in [6.45, 7) is 0. The highest BCUT2D eigenvalue weighted by atomic mass is 35.5. The van der Waals surface area contributed by atoms with Crippen LogP contribution in [0.2, 0.25) is 5.02 Å². The molecule has 0 saturated heterocycles. The summed E-state index contributed by atoms with van der Waals surface area (Å²) in [6, 6.07) is 18.7. The molecule has 0 spiro atoms. The van der Waals surface area contributed by atoms with Crippen LogP contribution in [0.25, 0.3) is 11.3 Å². The molecule has 7 heteroatoms. The lowest BCUT2D eigenvalue weighted by molar-refractivity contribution is 0.573. The molecule has 0 atom stereocenters. The highest BCUT2D eigenvalue weighted by molar-refractivity contribution is 7.89. The van der Waals surface area contributed by atoms with Crippen LogP contribution in [-0.4, -0.2) is 14.6 Å². The summed E-state index contributed by atoms with van der Waals surface area (Å²) in [4.78, 5) is 2.29. The quantitative estimate of drug-likeness (QED) is 0.553. The lowest BCUT2D eigenvalue weighted by Crippen LogP contribution is -2.18. The molecule has 0 amide bonds.